The summed E-state index contributed by atoms with van der Waals surface area (Å²) < 4.78 is 0. The minimum Gasteiger partial charge on any atom is -0.323 e. The molecule has 0 rings (SSSR count). The predicted octanol–water partition coefficient (Wildman–Crippen LogP) is 2.83. The molecule has 15 heavy (non-hydrogen) atoms. The van der Waals surface area contributed by atoms with Crippen LogP contribution in [-0.2, 0) is 9.59 Å². The Morgan fingerprint density at radius 3 is 1.00 bits per heavy atom. The number of nitrogens with one attached hydrogen (secondary N) is 1. The van der Waals surface area contributed by atoms with Crippen molar-refractivity contribution in [2.24, 2.45) is 0 Å². The van der Waals surface area contributed by atoms with E-state index in [1.807, 2.05) is 21.0 Å². The SMILES string of the molecule is CC(C)=O.CCC.CCC(C)=O.CNC. The molecule has 3 nitrogen and oxygen atoms in total. The normalized spacial score (nSPS) is 6.67. The monoisotopic (exact) mass is 219 g/mol. The number of hydrogen-bond acceptors (Lipinski definition) is 3. The molecule has 0 aromatic carbocycles. The van der Waals surface area contributed by atoms with E-state index in [4.69, 9.17) is 0 Å². The summed E-state index contributed by atoms with van der Waals surface area (Å²) >= 11 is 0. The molecule has 3 heteroatoms. The Morgan fingerprint density at radius 2 is 1.00 bits per heavy atom. The van der Waals surface area contributed by atoms with E-state index in [0.29, 0.717) is 6.42 Å². The van der Waals surface area contributed by atoms with Crippen LogP contribution in [0.5, 0.6) is 0 Å². The van der Waals surface area contributed by atoms with Gasteiger partial charge in [0.1, 0.15) is 11.6 Å². The van der Waals surface area contributed by atoms with E-state index in [9.17, 15) is 9.59 Å². The average Bonchev–Trinajstić information content (AvgIpc) is 2.06. The second-order valence-corrected chi connectivity index (χ2v) is 3.17. The number of hydrogen-bond donors (Lipinski definition) is 1. The quantitative estimate of drug-likeness (QED) is 0.737. The first-order valence-corrected chi connectivity index (χ1v) is 5.38. The van der Waals surface area contributed by atoms with Gasteiger partial charge in [-0.15, -0.1) is 0 Å². The van der Waals surface area contributed by atoms with Gasteiger partial charge in [0.25, 0.3) is 0 Å². The van der Waals surface area contributed by atoms with E-state index in [1.165, 1.54) is 20.3 Å². The van der Waals surface area contributed by atoms with Crippen LogP contribution in [-0.4, -0.2) is 25.7 Å². The van der Waals surface area contributed by atoms with Crippen molar-refractivity contribution in [2.45, 2.75) is 54.4 Å². The van der Waals surface area contributed by atoms with Gasteiger partial charge >= 0.3 is 0 Å². The lowest BCUT2D eigenvalue weighted by Crippen LogP contribution is -1.89. The van der Waals surface area contributed by atoms with Gasteiger partial charge in [-0.25, -0.2) is 0 Å². The van der Waals surface area contributed by atoms with Crippen molar-refractivity contribution >= 4 is 11.6 Å². The van der Waals surface area contributed by atoms with Gasteiger partial charge in [-0.05, 0) is 34.9 Å². The van der Waals surface area contributed by atoms with Crippen molar-refractivity contribution in [1.82, 2.24) is 5.32 Å². The molecule has 0 bridgehead atoms. The highest BCUT2D eigenvalue weighted by atomic mass is 16.1. The van der Waals surface area contributed by atoms with Crippen LogP contribution in [0.1, 0.15) is 54.4 Å². The molecule has 0 saturated heterocycles. The smallest absolute Gasteiger partial charge is 0.129 e. The van der Waals surface area contributed by atoms with Gasteiger partial charge in [-0.2, -0.15) is 0 Å². The zero-order chi connectivity index (χ0) is 13.3. The molecule has 94 valence electrons. The molecule has 0 aliphatic rings. The lowest BCUT2D eigenvalue weighted by Gasteiger charge is -1.71. The van der Waals surface area contributed by atoms with Crippen molar-refractivity contribution in [3.8, 4) is 0 Å². The summed E-state index contributed by atoms with van der Waals surface area (Å²) in [6.45, 7) is 10.7. The van der Waals surface area contributed by atoms with Gasteiger partial charge in [-0.1, -0.05) is 27.2 Å². The van der Waals surface area contributed by atoms with Crippen molar-refractivity contribution in [1.29, 1.82) is 0 Å². The molecule has 0 aliphatic carbocycles. The van der Waals surface area contributed by atoms with E-state index >= 15 is 0 Å². The average molecular weight is 219 g/mol. The summed E-state index contributed by atoms with van der Waals surface area (Å²) in [6.07, 6.45) is 1.92. The molecule has 0 atom stereocenters. The predicted molar refractivity (Wildman–Crippen MR) is 68.3 cm³/mol. The first-order valence-electron chi connectivity index (χ1n) is 5.38. The van der Waals surface area contributed by atoms with E-state index < -0.39 is 0 Å². The van der Waals surface area contributed by atoms with E-state index in [0.717, 1.165) is 0 Å². The third-order valence-electron chi connectivity index (χ3n) is 0.498. The van der Waals surface area contributed by atoms with Gasteiger partial charge in [-0.3, -0.25) is 0 Å². The minimum atomic E-state index is 0.167. The van der Waals surface area contributed by atoms with Crippen LogP contribution < -0.4 is 5.32 Å². The molecular formula is C12H29NO2. The maximum absolute atomic E-state index is 9.81. The highest BCUT2D eigenvalue weighted by Crippen LogP contribution is 1.71. The molecule has 0 aromatic rings. The first-order chi connectivity index (χ1) is 6.83. The van der Waals surface area contributed by atoms with Crippen LogP contribution >= 0.6 is 0 Å². The summed E-state index contributed by atoms with van der Waals surface area (Å²) in [5.41, 5.74) is 0. The summed E-state index contributed by atoms with van der Waals surface area (Å²) in [5, 5.41) is 2.75. The van der Waals surface area contributed by atoms with Crippen LogP contribution in [0, 0.1) is 0 Å². The topological polar surface area (TPSA) is 46.2 Å². The number of carbonyl (C=O) groups excluding carboxylic acids is 2. The fourth-order valence-electron chi connectivity index (χ4n) is 0. The van der Waals surface area contributed by atoms with Crippen LogP contribution in [0.25, 0.3) is 0 Å². The summed E-state index contributed by atoms with van der Waals surface area (Å²) in [6, 6.07) is 0. The molecule has 0 amide bonds. The third kappa shape index (κ3) is 1000. The lowest BCUT2D eigenvalue weighted by atomic mass is 10.4. The molecule has 0 unspecified atom stereocenters. The van der Waals surface area contributed by atoms with Gasteiger partial charge in [0.15, 0.2) is 0 Å². The number of carbonyl (C=O) groups is 2. The van der Waals surface area contributed by atoms with E-state index in [1.54, 1.807) is 6.92 Å². The highest BCUT2D eigenvalue weighted by molar-refractivity contribution is 5.74. The van der Waals surface area contributed by atoms with Gasteiger partial charge in [0.2, 0.25) is 0 Å². The van der Waals surface area contributed by atoms with Crippen molar-refractivity contribution in [3.63, 3.8) is 0 Å². The zero-order valence-electron chi connectivity index (χ0n) is 11.7. The molecule has 0 spiro atoms. The molecule has 0 heterocycles. The minimum absolute atomic E-state index is 0.167. The van der Waals surface area contributed by atoms with Crippen LogP contribution in [0.4, 0.5) is 0 Å². The summed E-state index contributed by atoms with van der Waals surface area (Å²) in [7, 11) is 3.75. The summed E-state index contributed by atoms with van der Waals surface area (Å²) in [4.78, 5) is 19.3. The van der Waals surface area contributed by atoms with E-state index in [-0.39, 0.29) is 11.6 Å². The lowest BCUT2D eigenvalue weighted by molar-refractivity contribution is -0.117. The highest BCUT2D eigenvalue weighted by Gasteiger charge is 1.76. The fraction of sp³-hybridized carbons (Fsp3) is 0.833. The van der Waals surface area contributed by atoms with E-state index in [2.05, 4.69) is 19.2 Å². The molecule has 0 radical (unpaired) electrons. The van der Waals surface area contributed by atoms with Crippen LogP contribution in [0.15, 0.2) is 0 Å². The van der Waals surface area contributed by atoms with Gasteiger partial charge in [0.05, 0.1) is 0 Å². The molecule has 1 N–H and O–H groups in total. The van der Waals surface area contributed by atoms with Gasteiger partial charge in [0, 0.05) is 6.42 Å². The Morgan fingerprint density at radius 1 is 0.933 bits per heavy atom. The Balaban J connectivity index is -0.0000000553. The second kappa shape index (κ2) is 29.2. The maximum Gasteiger partial charge on any atom is 0.129 e. The molecule has 0 fully saturated rings. The Hall–Kier alpha value is -0.700. The van der Waals surface area contributed by atoms with Gasteiger partial charge < -0.3 is 14.9 Å². The molecule has 0 aromatic heterocycles. The largest absolute Gasteiger partial charge is 0.323 e. The van der Waals surface area contributed by atoms with Crippen molar-refractivity contribution in [3.05, 3.63) is 0 Å². The van der Waals surface area contributed by atoms with Crippen LogP contribution in [0.2, 0.25) is 0 Å². The second-order valence-electron chi connectivity index (χ2n) is 3.17. The van der Waals surface area contributed by atoms with Crippen molar-refractivity contribution in [2.75, 3.05) is 14.1 Å². The number of rotatable bonds is 1. The summed E-state index contributed by atoms with van der Waals surface area (Å²) in [5.74, 6) is 0.421. The number of Topliss-reactive ketones (excluding diaryl/α,β-unsaturated/α-hetero) is 2. The Bertz CT molecular complexity index is 117. The molecular weight excluding hydrogens is 190 g/mol. The third-order valence-corrected chi connectivity index (χ3v) is 0.498. The first kappa shape index (κ1) is 23.8. The number of ketones is 2. The molecule has 0 aliphatic heterocycles. The maximum atomic E-state index is 9.81. The Kier molecular flexibility index (Phi) is 46.4. The Labute approximate surface area is 95.6 Å². The zero-order valence-corrected chi connectivity index (χ0v) is 11.7. The fourth-order valence-corrected chi connectivity index (χ4v) is 0. The molecule has 0 saturated carbocycles. The standard InChI is InChI=1S/C4H8O.C3H6O.C3H8.C2H7N/c1-3-4(2)5;1-3(2)4;2*1-3-2/h3H2,1-2H3;1-2H3;3H2,1-2H3;3H,1-2H3. The van der Waals surface area contributed by atoms with Crippen molar-refractivity contribution < 1.29 is 9.59 Å². The van der Waals surface area contributed by atoms with Crippen LogP contribution in [0.3, 0.4) is 0 Å².